The Kier molecular flexibility index (Phi) is 6.67. The van der Waals surface area contributed by atoms with Gasteiger partial charge in [-0.05, 0) is 42.8 Å². The fourth-order valence-corrected chi connectivity index (χ4v) is 5.16. The number of amides is 1. The van der Waals surface area contributed by atoms with E-state index in [-0.39, 0.29) is 17.2 Å². The molecule has 4 aromatic rings. The molecule has 9 heteroatoms. The minimum absolute atomic E-state index is 0.0552. The number of carbonyl (C=O) groups excluding carboxylic acids is 1. The van der Waals surface area contributed by atoms with Crippen molar-refractivity contribution in [2.24, 2.45) is 0 Å². The van der Waals surface area contributed by atoms with Gasteiger partial charge in [-0.2, -0.15) is 0 Å². The molecule has 0 aliphatic heterocycles. The number of hydrogen-bond acceptors (Lipinski definition) is 5. The lowest BCUT2D eigenvalue weighted by molar-refractivity contribution is -0.113. The summed E-state index contributed by atoms with van der Waals surface area (Å²) in [6.07, 6.45) is 0.830. The average Bonchev–Trinajstić information content (AvgIpc) is 3.19. The monoisotopic (exact) mass is 489 g/mol. The molecule has 1 amide bonds. The number of halogens is 2. The normalized spacial score (nSPS) is 11.1. The molecule has 2 heterocycles. The van der Waals surface area contributed by atoms with Crippen LogP contribution in [-0.4, -0.2) is 21.2 Å². The number of thioether (sulfide) groups is 1. The van der Waals surface area contributed by atoms with Crippen LogP contribution in [0.1, 0.15) is 11.8 Å². The highest BCUT2D eigenvalue weighted by atomic mass is 35.5. The van der Waals surface area contributed by atoms with E-state index in [9.17, 15) is 9.59 Å². The molecule has 1 N–H and O–H groups in total. The second-order valence-corrected chi connectivity index (χ2v) is 9.52. The van der Waals surface area contributed by atoms with Crippen LogP contribution in [0.4, 0.5) is 5.69 Å². The maximum Gasteiger partial charge on any atom is 0.267 e. The lowest BCUT2D eigenvalue weighted by Crippen LogP contribution is -2.22. The van der Waals surface area contributed by atoms with E-state index < -0.39 is 0 Å². The molecule has 0 atom stereocenters. The van der Waals surface area contributed by atoms with E-state index in [1.807, 2.05) is 43.3 Å². The van der Waals surface area contributed by atoms with Gasteiger partial charge in [-0.15, -0.1) is 11.3 Å². The van der Waals surface area contributed by atoms with Crippen molar-refractivity contribution in [2.45, 2.75) is 18.5 Å². The molecular formula is C22H17Cl2N3O2S2. The molecule has 0 spiro atoms. The lowest BCUT2D eigenvalue weighted by atomic mass is 10.3. The van der Waals surface area contributed by atoms with E-state index >= 15 is 0 Å². The molecule has 2 aromatic heterocycles. The molecule has 0 saturated carbocycles. The second kappa shape index (κ2) is 9.44. The van der Waals surface area contributed by atoms with Crippen molar-refractivity contribution in [2.75, 3.05) is 11.1 Å². The van der Waals surface area contributed by atoms with E-state index in [0.717, 1.165) is 11.3 Å². The van der Waals surface area contributed by atoms with Crippen LogP contribution in [0.3, 0.4) is 0 Å². The van der Waals surface area contributed by atoms with Crippen molar-refractivity contribution in [3.63, 3.8) is 0 Å². The Bertz CT molecular complexity index is 1320. The fraction of sp³-hybridized carbons (Fsp3) is 0.136. The van der Waals surface area contributed by atoms with Crippen molar-refractivity contribution in [1.82, 2.24) is 9.55 Å². The van der Waals surface area contributed by atoms with E-state index in [1.165, 1.54) is 23.1 Å². The highest BCUT2D eigenvalue weighted by molar-refractivity contribution is 7.99. The van der Waals surface area contributed by atoms with Gasteiger partial charge in [0.15, 0.2) is 5.16 Å². The van der Waals surface area contributed by atoms with Gasteiger partial charge in [-0.3, -0.25) is 14.2 Å². The first kappa shape index (κ1) is 21.9. The number of carbonyl (C=O) groups is 1. The van der Waals surface area contributed by atoms with Gasteiger partial charge in [0.1, 0.15) is 4.83 Å². The van der Waals surface area contributed by atoms with Gasteiger partial charge < -0.3 is 5.32 Å². The summed E-state index contributed by atoms with van der Waals surface area (Å²) in [5.41, 5.74) is 0.995. The first-order chi connectivity index (χ1) is 15.0. The molecule has 2 aromatic carbocycles. The Morgan fingerprint density at radius 3 is 2.68 bits per heavy atom. The van der Waals surface area contributed by atoms with Crippen molar-refractivity contribution in [3.8, 4) is 5.69 Å². The summed E-state index contributed by atoms with van der Waals surface area (Å²) >= 11 is 14.8. The fourth-order valence-electron chi connectivity index (χ4n) is 3.00. The van der Waals surface area contributed by atoms with Crippen LogP contribution in [0, 0.1) is 0 Å². The van der Waals surface area contributed by atoms with Crippen LogP contribution in [0.5, 0.6) is 0 Å². The van der Waals surface area contributed by atoms with E-state index in [4.69, 9.17) is 28.2 Å². The first-order valence-corrected chi connectivity index (χ1v) is 12.0. The zero-order valence-corrected chi connectivity index (χ0v) is 19.5. The molecule has 0 aliphatic rings. The van der Waals surface area contributed by atoms with Crippen LogP contribution in [0.2, 0.25) is 10.0 Å². The number of benzene rings is 2. The second-order valence-electron chi connectivity index (χ2n) is 6.62. The third-order valence-electron chi connectivity index (χ3n) is 4.48. The predicted molar refractivity (Wildman–Crippen MR) is 130 cm³/mol. The molecule has 0 unspecified atom stereocenters. The molecular weight excluding hydrogens is 473 g/mol. The highest BCUT2D eigenvalue weighted by Gasteiger charge is 2.17. The number of rotatable bonds is 6. The SMILES string of the molecule is CCc1cc2c(=O)n(-c3ccccc3)c(SCC(=O)Nc3cc(Cl)ccc3Cl)nc2s1. The summed E-state index contributed by atoms with van der Waals surface area (Å²) in [6, 6.07) is 16.1. The third kappa shape index (κ3) is 4.80. The minimum atomic E-state index is -0.274. The van der Waals surface area contributed by atoms with Crippen molar-refractivity contribution in [3.05, 3.63) is 79.9 Å². The van der Waals surface area contributed by atoms with Gasteiger partial charge in [0.05, 0.1) is 27.5 Å². The van der Waals surface area contributed by atoms with Gasteiger partial charge in [0.25, 0.3) is 5.56 Å². The number of thiophene rings is 1. The number of anilines is 1. The number of hydrogen-bond donors (Lipinski definition) is 1. The van der Waals surface area contributed by atoms with Crippen molar-refractivity contribution in [1.29, 1.82) is 0 Å². The number of nitrogens with one attached hydrogen (secondary N) is 1. The van der Waals surface area contributed by atoms with Crippen molar-refractivity contribution >= 4 is 68.1 Å². The standard InChI is InChI=1S/C22H17Cl2N3O2S2/c1-2-15-11-16-20(31-15)26-22(27(21(16)29)14-6-4-3-5-7-14)30-12-19(28)25-18-10-13(23)8-9-17(18)24/h3-11H,2,12H2,1H3,(H,25,28). The summed E-state index contributed by atoms with van der Waals surface area (Å²) in [7, 11) is 0. The summed E-state index contributed by atoms with van der Waals surface area (Å²) < 4.78 is 1.55. The topological polar surface area (TPSA) is 64.0 Å². The molecule has 0 bridgehead atoms. The van der Waals surface area contributed by atoms with Gasteiger partial charge in [-0.1, -0.05) is 60.1 Å². The lowest BCUT2D eigenvalue weighted by Gasteiger charge is -2.12. The molecule has 0 radical (unpaired) electrons. The maximum absolute atomic E-state index is 13.3. The Morgan fingerprint density at radius 2 is 1.94 bits per heavy atom. The Morgan fingerprint density at radius 1 is 1.16 bits per heavy atom. The first-order valence-electron chi connectivity index (χ1n) is 9.45. The van der Waals surface area contributed by atoms with Crippen molar-refractivity contribution < 1.29 is 4.79 Å². The largest absolute Gasteiger partial charge is 0.324 e. The predicted octanol–water partition coefficient (Wildman–Crippen LogP) is 6.05. The maximum atomic E-state index is 13.3. The minimum Gasteiger partial charge on any atom is -0.324 e. The summed E-state index contributed by atoms with van der Waals surface area (Å²) in [6.45, 7) is 2.04. The Labute approximate surface area is 197 Å². The zero-order chi connectivity index (χ0) is 22.0. The quantitative estimate of drug-likeness (QED) is 0.264. The van der Waals surface area contributed by atoms with E-state index in [1.54, 1.807) is 22.8 Å². The number of nitrogens with zero attached hydrogens (tertiary/aromatic N) is 2. The third-order valence-corrected chi connectivity index (χ3v) is 7.16. The van der Waals surface area contributed by atoms with Gasteiger partial charge in [-0.25, -0.2) is 4.98 Å². The number of aryl methyl sites for hydroxylation is 1. The van der Waals surface area contributed by atoms with Gasteiger partial charge >= 0.3 is 0 Å². The van der Waals surface area contributed by atoms with Crippen LogP contribution in [-0.2, 0) is 11.2 Å². The number of para-hydroxylation sites is 1. The molecule has 0 aliphatic carbocycles. The summed E-state index contributed by atoms with van der Waals surface area (Å²) in [5.74, 6) is -0.219. The van der Waals surface area contributed by atoms with Gasteiger partial charge in [0, 0.05) is 9.90 Å². The van der Waals surface area contributed by atoms with E-state index in [2.05, 4.69) is 5.32 Å². The van der Waals surface area contributed by atoms with E-state index in [0.29, 0.717) is 36.8 Å². The highest BCUT2D eigenvalue weighted by Crippen LogP contribution is 2.28. The average molecular weight is 490 g/mol. The summed E-state index contributed by atoms with van der Waals surface area (Å²) in [4.78, 5) is 32.3. The molecule has 31 heavy (non-hydrogen) atoms. The molecule has 0 fully saturated rings. The zero-order valence-electron chi connectivity index (χ0n) is 16.4. The Balaban J connectivity index is 1.67. The van der Waals surface area contributed by atoms with Crippen LogP contribution < -0.4 is 10.9 Å². The van der Waals surface area contributed by atoms with Gasteiger partial charge in [0.2, 0.25) is 5.91 Å². The number of fused-ring (bicyclic) bond motifs is 1. The smallest absolute Gasteiger partial charge is 0.267 e. The Hall–Kier alpha value is -2.32. The van der Waals surface area contributed by atoms with Crippen LogP contribution in [0.15, 0.2) is 64.5 Å². The number of aromatic nitrogens is 2. The molecule has 158 valence electrons. The van der Waals surface area contributed by atoms with Crippen LogP contribution in [0.25, 0.3) is 15.9 Å². The summed E-state index contributed by atoms with van der Waals surface area (Å²) in [5, 5.41) is 4.68. The molecule has 4 rings (SSSR count). The molecule has 0 saturated heterocycles. The molecule has 5 nitrogen and oxygen atoms in total. The van der Waals surface area contributed by atoms with Crippen LogP contribution >= 0.6 is 46.3 Å².